The van der Waals surface area contributed by atoms with E-state index in [9.17, 15) is 8.78 Å². The summed E-state index contributed by atoms with van der Waals surface area (Å²) >= 11 is 4.40. The molecule has 25 heavy (non-hydrogen) atoms. The largest absolute Gasteiger partial charge is 0.498 e. The van der Waals surface area contributed by atoms with Crippen LogP contribution in [0.1, 0.15) is 53.4 Å². The van der Waals surface area contributed by atoms with Gasteiger partial charge in [0.2, 0.25) is 5.92 Å². The van der Waals surface area contributed by atoms with Crippen LogP contribution in [0.2, 0.25) is 0 Å². The van der Waals surface area contributed by atoms with Gasteiger partial charge >= 0.3 is 7.12 Å². The summed E-state index contributed by atoms with van der Waals surface area (Å²) in [5, 5.41) is 0. The van der Waals surface area contributed by atoms with Crippen LogP contribution in [-0.2, 0) is 9.31 Å². The van der Waals surface area contributed by atoms with Crippen LogP contribution in [0.4, 0.5) is 8.78 Å². The minimum atomic E-state index is -2.57. The number of thiol groups is 1. The summed E-state index contributed by atoms with van der Waals surface area (Å²) in [6.45, 7) is 7.95. The highest BCUT2D eigenvalue weighted by atomic mass is 32.1. The molecule has 0 bridgehead atoms. The molecule has 1 aromatic rings. The van der Waals surface area contributed by atoms with Crippen LogP contribution < -0.4 is 10.2 Å². The number of hydrogen-bond donors (Lipinski definition) is 1. The Kier molecular flexibility index (Phi) is 4.88. The molecule has 0 unspecified atom stereocenters. The Hall–Kier alpha value is -0.785. The zero-order valence-corrected chi connectivity index (χ0v) is 16.0. The molecule has 1 aromatic carbocycles. The minimum Gasteiger partial charge on any atom is -0.491 e. The van der Waals surface area contributed by atoms with Crippen LogP contribution in [0.3, 0.4) is 0 Å². The van der Waals surface area contributed by atoms with Crippen molar-refractivity contribution < 1.29 is 22.8 Å². The van der Waals surface area contributed by atoms with Crippen LogP contribution >= 0.6 is 12.6 Å². The normalized spacial score (nSPS) is 25.2. The molecule has 0 spiro atoms. The minimum absolute atomic E-state index is 0.131. The third-order valence-corrected chi connectivity index (χ3v) is 5.74. The van der Waals surface area contributed by atoms with Crippen molar-refractivity contribution in [2.24, 2.45) is 0 Å². The molecule has 3 rings (SSSR count). The van der Waals surface area contributed by atoms with Gasteiger partial charge in [0.15, 0.2) is 0 Å². The molecule has 138 valence electrons. The second kappa shape index (κ2) is 6.43. The maximum absolute atomic E-state index is 13.4. The average molecular weight is 370 g/mol. The number of benzene rings is 1. The summed E-state index contributed by atoms with van der Waals surface area (Å²) in [6, 6.07) is 5.50. The lowest BCUT2D eigenvalue weighted by atomic mass is 9.78. The van der Waals surface area contributed by atoms with Gasteiger partial charge in [0, 0.05) is 23.2 Å². The van der Waals surface area contributed by atoms with Crippen molar-refractivity contribution in [3.05, 3.63) is 18.2 Å². The topological polar surface area (TPSA) is 27.7 Å². The van der Waals surface area contributed by atoms with E-state index in [0.29, 0.717) is 18.6 Å². The third kappa shape index (κ3) is 3.98. The summed E-state index contributed by atoms with van der Waals surface area (Å²) in [4.78, 5) is 0.771. The Labute approximate surface area is 154 Å². The van der Waals surface area contributed by atoms with Crippen LogP contribution in [0.5, 0.6) is 5.75 Å². The van der Waals surface area contributed by atoms with E-state index >= 15 is 0 Å². The first-order valence-corrected chi connectivity index (χ1v) is 9.17. The Balaban J connectivity index is 1.80. The Bertz CT molecular complexity index is 625. The van der Waals surface area contributed by atoms with Gasteiger partial charge in [-0.25, -0.2) is 8.78 Å². The number of ether oxygens (including phenoxy) is 1. The van der Waals surface area contributed by atoms with Crippen LogP contribution in [0.15, 0.2) is 23.1 Å². The van der Waals surface area contributed by atoms with E-state index in [0.717, 1.165) is 10.4 Å². The molecule has 2 aliphatic rings. The summed E-state index contributed by atoms with van der Waals surface area (Å²) in [5.74, 6) is -1.95. The van der Waals surface area contributed by atoms with Gasteiger partial charge in [-0.05, 0) is 58.7 Å². The maximum atomic E-state index is 13.4. The van der Waals surface area contributed by atoms with E-state index in [1.807, 2.05) is 45.9 Å². The molecule has 1 saturated heterocycles. The van der Waals surface area contributed by atoms with Gasteiger partial charge in [0.1, 0.15) is 5.75 Å². The molecular formula is C18H25BF2O3S. The van der Waals surface area contributed by atoms with Crippen molar-refractivity contribution in [3.63, 3.8) is 0 Å². The summed E-state index contributed by atoms with van der Waals surface area (Å²) in [7, 11) is -0.572. The van der Waals surface area contributed by atoms with Gasteiger partial charge < -0.3 is 14.0 Å². The van der Waals surface area contributed by atoms with Crippen molar-refractivity contribution in [3.8, 4) is 5.75 Å². The summed E-state index contributed by atoms with van der Waals surface area (Å²) < 4.78 is 45.0. The van der Waals surface area contributed by atoms with Crippen molar-refractivity contribution in [2.45, 2.75) is 81.5 Å². The van der Waals surface area contributed by atoms with E-state index < -0.39 is 24.2 Å². The predicted octanol–water partition coefficient (Wildman–Crippen LogP) is 4.23. The first kappa shape index (κ1) is 19.0. The predicted molar refractivity (Wildman–Crippen MR) is 97.2 cm³/mol. The molecule has 0 atom stereocenters. The molecule has 7 heteroatoms. The monoisotopic (exact) mass is 370 g/mol. The van der Waals surface area contributed by atoms with Crippen molar-refractivity contribution in [1.29, 1.82) is 0 Å². The van der Waals surface area contributed by atoms with Gasteiger partial charge in [-0.3, -0.25) is 0 Å². The van der Waals surface area contributed by atoms with Crippen LogP contribution in [0, 0.1) is 0 Å². The van der Waals surface area contributed by atoms with E-state index in [4.69, 9.17) is 14.0 Å². The number of alkyl halides is 2. The number of halogens is 2. The Morgan fingerprint density at radius 2 is 1.64 bits per heavy atom. The quantitative estimate of drug-likeness (QED) is 0.638. The molecule has 0 aromatic heterocycles. The lowest BCUT2D eigenvalue weighted by Crippen LogP contribution is -2.41. The van der Waals surface area contributed by atoms with E-state index in [1.54, 1.807) is 0 Å². The van der Waals surface area contributed by atoms with Gasteiger partial charge in [0.25, 0.3) is 0 Å². The smallest absolute Gasteiger partial charge is 0.491 e. The van der Waals surface area contributed by atoms with Gasteiger partial charge in [0.05, 0.1) is 17.3 Å². The lowest BCUT2D eigenvalue weighted by Gasteiger charge is -2.32. The van der Waals surface area contributed by atoms with E-state index in [1.165, 1.54) is 0 Å². The second-order valence-corrected chi connectivity index (χ2v) is 8.50. The summed E-state index contributed by atoms with van der Waals surface area (Å²) in [6.07, 6.45) is 0.214. The molecule has 1 aliphatic heterocycles. The zero-order valence-electron chi connectivity index (χ0n) is 15.1. The molecule has 1 saturated carbocycles. The van der Waals surface area contributed by atoms with E-state index in [2.05, 4.69) is 12.6 Å². The zero-order chi connectivity index (χ0) is 18.5. The van der Waals surface area contributed by atoms with Crippen molar-refractivity contribution in [2.75, 3.05) is 0 Å². The number of rotatable bonds is 3. The fraction of sp³-hybridized carbons (Fsp3) is 0.667. The highest BCUT2D eigenvalue weighted by Crippen LogP contribution is 2.38. The fourth-order valence-electron chi connectivity index (χ4n) is 3.11. The highest BCUT2D eigenvalue weighted by molar-refractivity contribution is 7.80. The fourth-order valence-corrected chi connectivity index (χ4v) is 3.32. The average Bonchev–Trinajstić information content (AvgIpc) is 2.71. The molecule has 0 N–H and O–H groups in total. The number of hydrogen-bond acceptors (Lipinski definition) is 4. The molecule has 1 aliphatic carbocycles. The molecule has 1 heterocycles. The molecular weight excluding hydrogens is 345 g/mol. The van der Waals surface area contributed by atoms with Gasteiger partial charge in [-0.2, -0.15) is 0 Å². The SMILES string of the molecule is CC1(C)OB(c2cc(S)ccc2OC2CCC(F)(F)CC2)OC1(C)C. The first-order valence-electron chi connectivity index (χ1n) is 8.72. The third-order valence-electron chi connectivity index (χ3n) is 5.46. The van der Waals surface area contributed by atoms with Gasteiger partial charge in [-0.1, -0.05) is 0 Å². The van der Waals surface area contributed by atoms with Crippen LogP contribution in [0.25, 0.3) is 0 Å². The maximum Gasteiger partial charge on any atom is 0.498 e. The highest BCUT2D eigenvalue weighted by Gasteiger charge is 2.52. The van der Waals surface area contributed by atoms with E-state index in [-0.39, 0.29) is 18.9 Å². The summed E-state index contributed by atoms with van der Waals surface area (Å²) in [5.41, 5.74) is -0.174. The molecule has 0 radical (unpaired) electrons. The first-order chi connectivity index (χ1) is 11.5. The van der Waals surface area contributed by atoms with Crippen molar-refractivity contribution >= 4 is 25.2 Å². The lowest BCUT2D eigenvalue weighted by molar-refractivity contribution is -0.0581. The standard InChI is InChI=1S/C18H25BF2O3S/c1-16(2)17(3,4)24-19(23-16)14-11-13(25)5-6-15(14)22-12-7-9-18(20,21)10-8-12/h5-6,11-12,25H,7-10H2,1-4H3. The Morgan fingerprint density at radius 3 is 2.20 bits per heavy atom. The molecule has 2 fully saturated rings. The molecule has 3 nitrogen and oxygen atoms in total. The van der Waals surface area contributed by atoms with Gasteiger partial charge in [-0.15, -0.1) is 12.6 Å². The second-order valence-electron chi connectivity index (χ2n) is 7.98. The van der Waals surface area contributed by atoms with Crippen molar-refractivity contribution in [1.82, 2.24) is 0 Å². The molecule has 0 amide bonds. The Morgan fingerprint density at radius 1 is 1.08 bits per heavy atom. The van der Waals surface area contributed by atoms with Crippen LogP contribution in [-0.4, -0.2) is 30.3 Å².